The van der Waals surface area contributed by atoms with Crippen molar-refractivity contribution >= 4 is 17.4 Å². The van der Waals surface area contributed by atoms with Crippen LogP contribution in [-0.4, -0.2) is 18.3 Å². The number of hydrogen-bond acceptors (Lipinski definition) is 3. The first kappa shape index (κ1) is 15.6. The van der Waals surface area contributed by atoms with E-state index in [0.717, 1.165) is 22.4 Å². The number of nitrogens with one attached hydrogen (secondary N) is 2. The molecular weight excluding hydrogens is 276 g/mol. The molecule has 4 N–H and O–H groups in total. The van der Waals surface area contributed by atoms with Crippen LogP contribution in [0.3, 0.4) is 0 Å². The maximum Gasteiger partial charge on any atom is 0.259 e. The average molecular weight is 296 g/mol. The highest BCUT2D eigenvalue weighted by Gasteiger charge is 2.03. The lowest BCUT2D eigenvalue weighted by Gasteiger charge is -2.09. The molecule has 0 spiro atoms. The van der Waals surface area contributed by atoms with E-state index in [-0.39, 0.29) is 18.3 Å². The molecule has 0 atom stereocenters. The van der Waals surface area contributed by atoms with Crippen molar-refractivity contribution in [2.75, 3.05) is 11.9 Å². The normalized spacial score (nSPS) is 11.1. The Morgan fingerprint density at radius 2 is 1.86 bits per heavy atom. The zero-order valence-electron chi connectivity index (χ0n) is 12.8. The van der Waals surface area contributed by atoms with Gasteiger partial charge in [0.1, 0.15) is 0 Å². The molecule has 5 heteroatoms. The second kappa shape index (κ2) is 7.26. The molecule has 0 bridgehead atoms. The monoisotopic (exact) mass is 296 g/mol. The smallest absolute Gasteiger partial charge is 0.259 e. The van der Waals surface area contributed by atoms with Gasteiger partial charge in [-0.2, -0.15) is 5.10 Å². The van der Waals surface area contributed by atoms with Gasteiger partial charge in [0.25, 0.3) is 5.91 Å². The van der Waals surface area contributed by atoms with Gasteiger partial charge in [0.2, 0.25) is 0 Å². The van der Waals surface area contributed by atoms with Crippen molar-refractivity contribution in [2.24, 2.45) is 10.8 Å². The van der Waals surface area contributed by atoms with Gasteiger partial charge in [-0.3, -0.25) is 4.79 Å². The second-order valence-electron chi connectivity index (χ2n) is 5.07. The van der Waals surface area contributed by atoms with Crippen molar-refractivity contribution in [3.63, 3.8) is 0 Å². The summed E-state index contributed by atoms with van der Waals surface area (Å²) < 4.78 is 0. The molecule has 0 aliphatic rings. The van der Waals surface area contributed by atoms with E-state index in [0.29, 0.717) is 0 Å². The molecule has 2 aromatic carbocycles. The van der Waals surface area contributed by atoms with Crippen LogP contribution in [0.2, 0.25) is 0 Å². The Balaban J connectivity index is 1.89. The summed E-state index contributed by atoms with van der Waals surface area (Å²) >= 11 is 0. The predicted molar refractivity (Wildman–Crippen MR) is 89.7 cm³/mol. The van der Waals surface area contributed by atoms with Gasteiger partial charge in [0, 0.05) is 11.3 Å². The van der Waals surface area contributed by atoms with Crippen LogP contribution in [0.1, 0.15) is 16.7 Å². The summed E-state index contributed by atoms with van der Waals surface area (Å²) in [6.45, 7) is 4.14. The van der Waals surface area contributed by atoms with Crippen molar-refractivity contribution in [1.29, 1.82) is 0 Å². The standard InChI is InChI=1S/C17H20N4O/c1-12-8-9-13(2)15(10-12)19-11-16(22)20-21-17(18)14-6-4-3-5-7-14/h3-10,19H,11H2,1-2H3,(H2,18,21)(H,20,22). The van der Waals surface area contributed by atoms with E-state index in [4.69, 9.17) is 5.73 Å². The molecule has 0 saturated carbocycles. The Labute approximate surface area is 130 Å². The van der Waals surface area contributed by atoms with Gasteiger partial charge < -0.3 is 11.1 Å². The highest BCUT2D eigenvalue weighted by Crippen LogP contribution is 2.15. The van der Waals surface area contributed by atoms with E-state index < -0.39 is 0 Å². The average Bonchev–Trinajstić information content (AvgIpc) is 2.54. The Kier molecular flexibility index (Phi) is 5.14. The third kappa shape index (κ3) is 4.34. The minimum Gasteiger partial charge on any atom is -0.382 e. The number of carbonyl (C=O) groups excluding carboxylic acids is 1. The minimum atomic E-state index is -0.250. The molecule has 0 saturated heterocycles. The van der Waals surface area contributed by atoms with E-state index >= 15 is 0 Å². The predicted octanol–water partition coefficient (Wildman–Crippen LogP) is 2.15. The highest BCUT2D eigenvalue weighted by atomic mass is 16.2. The Bertz CT molecular complexity index is 680. The third-order valence-corrected chi connectivity index (χ3v) is 3.20. The Morgan fingerprint density at radius 3 is 2.59 bits per heavy atom. The number of nitrogens with zero attached hydrogens (tertiary/aromatic N) is 1. The molecule has 0 unspecified atom stereocenters. The largest absolute Gasteiger partial charge is 0.382 e. The molecule has 0 aliphatic carbocycles. The lowest BCUT2D eigenvalue weighted by Crippen LogP contribution is -2.29. The first-order valence-electron chi connectivity index (χ1n) is 7.05. The topological polar surface area (TPSA) is 79.5 Å². The number of nitrogens with two attached hydrogens (primary N) is 1. The van der Waals surface area contributed by atoms with Crippen LogP contribution in [0.4, 0.5) is 5.69 Å². The number of benzene rings is 2. The fraction of sp³-hybridized carbons (Fsp3) is 0.176. The molecule has 0 radical (unpaired) electrons. The summed E-state index contributed by atoms with van der Waals surface area (Å²) in [7, 11) is 0. The maximum atomic E-state index is 11.8. The number of hydrazone groups is 1. The zero-order valence-corrected chi connectivity index (χ0v) is 12.8. The van der Waals surface area contributed by atoms with Gasteiger partial charge in [-0.25, -0.2) is 5.43 Å². The van der Waals surface area contributed by atoms with Crippen LogP contribution in [-0.2, 0) is 4.79 Å². The molecular formula is C17H20N4O. The van der Waals surface area contributed by atoms with E-state index in [1.54, 1.807) is 0 Å². The summed E-state index contributed by atoms with van der Waals surface area (Å²) in [6.07, 6.45) is 0. The van der Waals surface area contributed by atoms with Crippen LogP contribution >= 0.6 is 0 Å². The van der Waals surface area contributed by atoms with Gasteiger partial charge in [-0.05, 0) is 31.0 Å². The molecule has 114 valence electrons. The van der Waals surface area contributed by atoms with Gasteiger partial charge in [-0.1, -0.05) is 42.5 Å². The Hall–Kier alpha value is -2.82. The van der Waals surface area contributed by atoms with Crippen LogP contribution in [0.15, 0.2) is 53.6 Å². The maximum absolute atomic E-state index is 11.8. The van der Waals surface area contributed by atoms with Crippen LogP contribution in [0, 0.1) is 13.8 Å². The molecule has 0 heterocycles. The number of carbonyl (C=O) groups is 1. The van der Waals surface area contributed by atoms with Crippen molar-refractivity contribution in [2.45, 2.75) is 13.8 Å². The number of hydrogen-bond donors (Lipinski definition) is 3. The summed E-state index contributed by atoms with van der Waals surface area (Å²) in [5.41, 5.74) is 12.2. The van der Waals surface area contributed by atoms with Gasteiger partial charge in [-0.15, -0.1) is 0 Å². The zero-order chi connectivity index (χ0) is 15.9. The minimum absolute atomic E-state index is 0.135. The number of anilines is 1. The van der Waals surface area contributed by atoms with Crippen molar-refractivity contribution in [3.8, 4) is 0 Å². The lowest BCUT2D eigenvalue weighted by atomic mass is 10.1. The fourth-order valence-corrected chi connectivity index (χ4v) is 1.94. The number of amidine groups is 1. The number of amides is 1. The lowest BCUT2D eigenvalue weighted by molar-refractivity contribution is -0.119. The summed E-state index contributed by atoms with van der Waals surface area (Å²) in [4.78, 5) is 11.8. The molecule has 0 aliphatic heterocycles. The van der Waals surface area contributed by atoms with Crippen LogP contribution in [0.5, 0.6) is 0 Å². The molecule has 1 amide bonds. The second-order valence-corrected chi connectivity index (χ2v) is 5.07. The Morgan fingerprint density at radius 1 is 1.14 bits per heavy atom. The molecule has 0 aromatic heterocycles. The van der Waals surface area contributed by atoms with E-state index in [1.807, 2.05) is 62.4 Å². The van der Waals surface area contributed by atoms with E-state index in [9.17, 15) is 4.79 Å². The van der Waals surface area contributed by atoms with Gasteiger partial charge in [0.05, 0.1) is 6.54 Å². The first-order chi connectivity index (χ1) is 10.6. The molecule has 5 nitrogen and oxygen atoms in total. The summed E-state index contributed by atoms with van der Waals surface area (Å²) in [6, 6.07) is 15.3. The molecule has 2 rings (SSSR count). The quantitative estimate of drug-likeness (QED) is 0.449. The van der Waals surface area contributed by atoms with Gasteiger partial charge in [0.15, 0.2) is 5.84 Å². The molecule has 2 aromatic rings. The van der Waals surface area contributed by atoms with E-state index in [1.165, 1.54) is 0 Å². The SMILES string of the molecule is Cc1ccc(C)c(NCC(=O)N/N=C(\N)c2ccccc2)c1. The van der Waals surface area contributed by atoms with Crippen molar-refractivity contribution < 1.29 is 4.79 Å². The highest BCUT2D eigenvalue weighted by molar-refractivity contribution is 5.98. The van der Waals surface area contributed by atoms with Gasteiger partial charge >= 0.3 is 0 Å². The first-order valence-corrected chi connectivity index (χ1v) is 7.05. The van der Waals surface area contributed by atoms with Crippen LogP contribution < -0.4 is 16.5 Å². The third-order valence-electron chi connectivity index (χ3n) is 3.20. The van der Waals surface area contributed by atoms with Crippen LogP contribution in [0.25, 0.3) is 0 Å². The summed E-state index contributed by atoms with van der Waals surface area (Å²) in [5.74, 6) is 0.0282. The summed E-state index contributed by atoms with van der Waals surface area (Å²) in [5, 5.41) is 7.00. The number of aryl methyl sites for hydroxylation is 2. The number of rotatable bonds is 5. The van der Waals surface area contributed by atoms with Crippen molar-refractivity contribution in [1.82, 2.24) is 5.43 Å². The van der Waals surface area contributed by atoms with E-state index in [2.05, 4.69) is 15.8 Å². The van der Waals surface area contributed by atoms with Crippen molar-refractivity contribution in [3.05, 3.63) is 65.2 Å². The molecule has 0 fully saturated rings. The fourth-order valence-electron chi connectivity index (χ4n) is 1.94. The molecule has 22 heavy (non-hydrogen) atoms.